The van der Waals surface area contributed by atoms with Crippen LogP contribution in [0.5, 0.6) is 0 Å². The molecule has 0 unspecified atom stereocenters. The van der Waals surface area contributed by atoms with Crippen molar-refractivity contribution in [2.45, 2.75) is 48.3 Å². The van der Waals surface area contributed by atoms with Crippen molar-refractivity contribution in [3.05, 3.63) is 16.8 Å². The van der Waals surface area contributed by atoms with E-state index in [0.717, 1.165) is 6.42 Å². The topological polar surface area (TPSA) is 128 Å². The summed E-state index contributed by atoms with van der Waals surface area (Å²) in [6, 6.07) is 1.24. The normalized spacial score (nSPS) is 28.7. The molecule has 3 saturated heterocycles. The van der Waals surface area contributed by atoms with Crippen LogP contribution in [0.1, 0.15) is 19.3 Å². The third-order valence-corrected chi connectivity index (χ3v) is 8.44. The van der Waals surface area contributed by atoms with Gasteiger partial charge in [-0.3, -0.25) is 9.59 Å². The molecule has 4 heterocycles. The summed E-state index contributed by atoms with van der Waals surface area (Å²) in [4.78, 5) is 28.6. The van der Waals surface area contributed by atoms with Gasteiger partial charge >= 0.3 is 0 Å². The number of thiophene rings is 1. The highest BCUT2D eigenvalue weighted by atomic mass is 32.2. The van der Waals surface area contributed by atoms with E-state index in [0.29, 0.717) is 19.4 Å². The van der Waals surface area contributed by atoms with Gasteiger partial charge in [0.05, 0.1) is 11.0 Å². The van der Waals surface area contributed by atoms with Crippen molar-refractivity contribution in [3.8, 4) is 6.07 Å². The Labute approximate surface area is 167 Å². The quantitative estimate of drug-likeness (QED) is 0.684. The van der Waals surface area contributed by atoms with E-state index in [-0.39, 0.29) is 35.8 Å². The fraction of sp³-hybridized carbons (Fsp3) is 0.588. The maximum Gasteiger partial charge on any atom is 0.244 e. The van der Waals surface area contributed by atoms with Crippen LogP contribution in [0.15, 0.2) is 21.7 Å². The number of hydrogen-bond acceptors (Lipinski definition) is 7. The van der Waals surface area contributed by atoms with Crippen molar-refractivity contribution >= 4 is 33.2 Å². The molecule has 0 radical (unpaired) electrons. The van der Waals surface area contributed by atoms with E-state index in [1.165, 1.54) is 31.5 Å². The highest BCUT2D eigenvalue weighted by Gasteiger charge is 2.54. The van der Waals surface area contributed by atoms with Crippen LogP contribution in [0.2, 0.25) is 0 Å². The van der Waals surface area contributed by atoms with Gasteiger partial charge in [-0.1, -0.05) is 0 Å². The summed E-state index contributed by atoms with van der Waals surface area (Å²) in [6.07, 6.45) is 1.81. The summed E-state index contributed by atoms with van der Waals surface area (Å²) in [5.41, 5.74) is 6.06. The third kappa shape index (κ3) is 3.00. The number of nitriles is 1. The Morgan fingerprint density at radius 1 is 1.46 bits per heavy atom. The van der Waals surface area contributed by atoms with Gasteiger partial charge in [0.25, 0.3) is 0 Å². The monoisotopic (exact) mass is 423 g/mol. The fourth-order valence-electron chi connectivity index (χ4n) is 4.31. The first-order valence-corrected chi connectivity index (χ1v) is 11.5. The third-order valence-electron chi connectivity index (χ3n) is 5.74. The summed E-state index contributed by atoms with van der Waals surface area (Å²) in [5.74, 6) is -0.640. The first-order chi connectivity index (χ1) is 13.3. The zero-order valence-electron chi connectivity index (χ0n) is 15.1. The van der Waals surface area contributed by atoms with Gasteiger partial charge in [-0.25, -0.2) is 8.42 Å². The molecule has 4 rings (SSSR count). The molecular weight excluding hydrogens is 402 g/mol. The smallest absolute Gasteiger partial charge is 0.244 e. The van der Waals surface area contributed by atoms with Crippen LogP contribution in [-0.4, -0.2) is 78.1 Å². The van der Waals surface area contributed by atoms with E-state index in [2.05, 4.69) is 6.07 Å². The Morgan fingerprint density at radius 2 is 2.25 bits per heavy atom. The number of nitrogens with two attached hydrogens (primary N) is 1. The molecule has 4 atom stereocenters. The molecule has 2 bridgehead atoms. The lowest BCUT2D eigenvalue weighted by atomic mass is 10.2. The molecule has 0 aliphatic carbocycles. The minimum Gasteiger partial charge on any atom is -0.335 e. The Bertz CT molecular complexity index is 926. The van der Waals surface area contributed by atoms with Gasteiger partial charge in [0, 0.05) is 31.1 Å². The molecule has 2 N–H and O–H groups in total. The van der Waals surface area contributed by atoms with Gasteiger partial charge in [0.1, 0.15) is 18.1 Å². The van der Waals surface area contributed by atoms with Crippen LogP contribution in [0.25, 0.3) is 0 Å². The molecule has 1 aromatic heterocycles. The number of rotatable bonds is 5. The number of amides is 2. The number of likely N-dealkylation sites (tertiary alicyclic amines) is 2. The lowest BCUT2D eigenvalue weighted by Gasteiger charge is -2.35. The van der Waals surface area contributed by atoms with Gasteiger partial charge < -0.3 is 15.5 Å². The van der Waals surface area contributed by atoms with Gasteiger partial charge in [-0.2, -0.15) is 20.9 Å². The van der Waals surface area contributed by atoms with E-state index in [9.17, 15) is 18.0 Å². The Morgan fingerprint density at radius 3 is 2.89 bits per heavy atom. The van der Waals surface area contributed by atoms with E-state index in [1.807, 2.05) is 0 Å². The Balaban J connectivity index is 1.43. The number of piperazine rings is 1. The Hall–Kier alpha value is -2.00. The van der Waals surface area contributed by atoms with Crippen molar-refractivity contribution in [2.75, 3.05) is 19.6 Å². The summed E-state index contributed by atoms with van der Waals surface area (Å²) < 4.78 is 26.8. The van der Waals surface area contributed by atoms with Crippen molar-refractivity contribution < 1.29 is 18.0 Å². The second-order valence-electron chi connectivity index (χ2n) is 7.35. The van der Waals surface area contributed by atoms with Gasteiger partial charge in [-0.05, 0) is 30.7 Å². The van der Waals surface area contributed by atoms with Crippen molar-refractivity contribution in [3.63, 3.8) is 0 Å². The zero-order chi connectivity index (χ0) is 20.1. The molecule has 3 fully saturated rings. The van der Waals surface area contributed by atoms with Crippen molar-refractivity contribution in [1.29, 1.82) is 5.26 Å². The second kappa shape index (κ2) is 7.11. The molecule has 0 spiro atoms. The summed E-state index contributed by atoms with van der Waals surface area (Å²) in [6.45, 7) is 0.747. The minimum atomic E-state index is -3.70. The van der Waals surface area contributed by atoms with E-state index in [1.54, 1.807) is 10.8 Å². The molecule has 11 heteroatoms. The predicted octanol–water partition coefficient (Wildman–Crippen LogP) is -0.436. The lowest BCUT2D eigenvalue weighted by molar-refractivity contribution is -0.137. The zero-order valence-corrected chi connectivity index (χ0v) is 16.7. The lowest BCUT2D eigenvalue weighted by Crippen LogP contribution is -2.57. The minimum absolute atomic E-state index is 0.0415. The summed E-state index contributed by atoms with van der Waals surface area (Å²) in [7, 11) is -3.70. The summed E-state index contributed by atoms with van der Waals surface area (Å²) >= 11 is 1.29. The number of hydrogen-bond donors (Lipinski definition) is 1. The molecule has 0 saturated carbocycles. The van der Waals surface area contributed by atoms with Crippen LogP contribution in [0.4, 0.5) is 0 Å². The number of sulfonamides is 1. The predicted molar refractivity (Wildman–Crippen MR) is 100 cm³/mol. The van der Waals surface area contributed by atoms with Crippen LogP contribution in [-0.2, 0) is 19.6 Å². The number of fused-ring (bicyclic) bond motifs is 2. The largest absolute Gasteiger partial charge is 0.335 e. The molecule has 9 nitrogen and oxygen atoms in total. The van der Waals surface area contributed by atoms with Crippen LogP contribution in [0, 0.1) is 11.3 Å². The molecule has 3 aliphatic rings. The van der Waals surface area contributed by atoms with Gasteiger partial charge in [0.2, 0.25) is 21.8 Å². The molecular formula is C17H21N5O4S2. The highest BCUT2D eigenvalue weighted by molar-refractivity contribution is 7.89. The van der Waals surface area contributed by atoms with E-state index < -0.39 is 28.1 Å². The van der Waals surface area contributed by atoms with Crippen LogP contribution < -0.4 is 5.73 Å². The SMILES string of the molecule is N#C[C@@H]1CCCN1C(=O)[C@@H](N)CN1C(=O)[C@@H]2C[C@H]1CN2S(=O)(=O)c1ccsc1. The molecule has 0 aromatic carbocycles. The number of nitrogens with zero attached hydrogens (tertiary/aromatic N) is 4. The first-order valence-electron chi connectivity index (χ1n) is 9.15. The standard InChI is InChI=1S/C17H21N5O4S2/c18-7-11-2-1-4-20(11)16(23)14(19)9-21-12-6-15(17(21)24)22(8-12)28(25,26)13-3-5-27-10-13/h3,5,10-12,14-15H,1-2,4,6,8-9,19H2/t11-,12-,14-,15-/m0/s1. The molecule has 1 aromatic rings. The molecule has 2 amide bonds. The van der Waals surface area contributed by atoms with Crippen molar-refractivity contribution in [2.24, 2.45) is 5.73 Å². The van der Waals surface area contributed by atoms with Gasteiger partial charge in [-0.15, -0.1) is 0 Å². The van der Waals surface area contributed by atoms with Crippen molar-refractivity contribution in [1.82, 2.24) is 14.1 Å². The first kappa shape index (κ1) is 19.3. The summed E-state index contributed by atoms with van der Waals surface area (Å²) in [5, 5.41) is 12.4. The maximum atomic E-state index is 12.8. The average Bonchev–Trinajstić information content (AvgIpc) is 3.45. The maximum absolute atomic E-state index is 12.8. The average molecular weight is 424 g/mol. The highest BCUT2D eigenvalue weighted by Crippen LogP contribution is 2.36. The molecule has 150 valence electrons. The molecule has 3 aliphatic heterocycles. The Kier molecular flexibility index (Phi) is 4.91. The van der Waals surface area contributed by atoms with Crippen LogP contribution >= 0.6 is 11.3 Å². The number of carbonyl (C=O) groups excluding carboxylic acids is 2. The van der Waals surface area contributed by atoms with E-state index >= 15 is 0 Å². The van der Waals surface area contributed by atoms with Gasteiger partial charge in [0.15, 0.2) is 0 Å². The molecule has 28 heavy (non-hydrogen) atoms. The number of carbonyl (C=O) groups is 2. The van der Waals surface area contributed by atoms with Crippen LogP contribution in [0.3, 0.4) is 0 Å². The van der Waals surface area contributed by atoms with E-state index in [4.69, 9.17) is 11.0 Å². The second-order valence-corrected chi connectivity index (χ2v) is 10.0. The fourth-order valence-corrected chi connectivity index (χ4v) is 6.96.